The fourth-order valence-corrected chi connectivity index (χ4v) is 2.22. The van der Waals surface area contributed by atoms with E-state index in [1.54, 1.807) is 0 Å². The van der Waals surface area contributed by atoms with Gasteiger partial charge in [-0.25, -0.2) is 5.84 Å². The van der Waals surface area contributed by atoms with Gasteiger partial charge >= 0.3 is 0 Å². The molecule has 2 aromatic rings. The first-order valence-electron chi connectivity index (χ1n) is 5.87. The van der Waals surface area contributed by atoms with Crippen LogP contribution in [-0.2, 0) is 4.79 Å². The van der Waals surface area contributed by atoms with Crippen molar-refractivity contribution in [2.24, 2.45) is 5.84 Å². The van der Waals surface area contributed by atoms with Gasteiger partial charge in [-0.15, -0.1) is 0 Å². The Labute approximate surface area is 111 Å². The van der Waals surface area contributed by atoms with Crippen molar-refractivity contribution in [2.75, 3.05) is 0 Å². The molecular weight excluding hydrogens is 250 g/mol. The lowest BCUT2D eigenvalue weighted by molar-refractivity contribution is -0.121. The minimum Gasteiger partial charge on any atom is -0.345 e. The molecule has 1 amide bonds. The Kier molecular flexibility index (Phi) is 3.89. The number of nitrogens with zero attached hydrogens (tertiary/aromatic N) is 1. The predicted octanol–water partition coefficient (Wildman–Crippen LogP) is 2.63. The third kappa shape index (κ3) is 2.66. The summed E-state index contributed by atoms with van der Waals surface area (Å²) < 4.78 is 2.13. The highest BCUT2D eigenvalue weighted by molar-refractivity contribution is 6.31. The molecule has 3 N–H and O–H groups in total. The fourth-order valence-electron chi connectivity index (χ4n) is 2.06. The number of hydrogen-bond donors (Lipinski definition) is 2. The Morgan fingerprint density at radius 2 is 2.28 bits per heavy atom. The van der Waals surface area contributed by atoms with E-state index in [2.05, 4.69) is 16.9 Å². The zero-order valence-electron chi connectivity index (χ0n) is 10.2. The van der Waals surface area contributed by atoms with Gasteiger partial charge in [-0.05, 0) is 36.9 Å². The van der Waals surface area contributed by atoms with E-state index in [9.17, 15) is 4.79 Å². The van der Waals surface area contributed by atoms with E-state index in [4.69, 9.17) is 17.4 Å². The maximum Gasteiger partial charge on any atom is 0.233 e. The van der Waals surface area contributed by atoms with Crippen LogP contribution in [-0.4, -0.2) is 10.5 Å². The van der Waals surface area contributed by atoms with Gasteiger partial charge in [0.05, 0.1) is 0 Å². The van der Waals surface area contributed by atoms with Crippen LogP contribution in [0.3, 0.4) is 0 Å². The summed E-state index contributed by atoms with van der Waals surface area (Å²) in [6.45, 7) is 2.07. The average molecular weight is 266 g/mol. The van der Waals surface area contributed by atoms with Crippen LogP contribution < -0.4 is 11.3 Å². The van der Waals surface area contributed by atoms with E-state index in [0.29, 0.717) is 11.4 Å². The summed E-state index contributed by atoms with van der Waals surface area (Å²) in [6.07, 6.45) is 3.17. The van der Waals surface area contributed by atoms with Gasteiger partial charge in [-0.1, -0.05) is 17.7 Å². The topological polar surface area (TPSA) is 60.1 Å². The van der Waals surface area contributed by atoms with Crippen LogP contribution in [0.15, 0.2) is 30.5 Å². The Morgan fingerprint density at radius 3 is 3.00 bits per heavy atom. The summed E-state index contributed by atoms with van der Waals surface area (Å²) in [5, 5.41) is 1.86. The van der Waals surface area contributed by atoms with Crippen LogP contribution in [0.5, 0.6) is 0 Å². The summed E-state index contributed by atoms with van der Waals surface area (Å²) in [5.74, 6) is 4.92. The molecule has 0 aliphatic rings. The van der Waals surface area contributed by atoms with Crippen molar-refractivity contribution in [1.29, 1.82) is 0 Å². The molecule has 2 rings (SSSR count). The average Bonchev–Trinajstić information content (AvgIpc) is 2.78. The molecule has 1 atom stereocenters. The van der Waals surface area contributed by atoms with Crippen LogP contribution in [0.4, 0.5) is 0 Å². The van der Waals surface area contributed by atoms with Crippen molar-refractivity contribution in [3.05, 3.63) is 35.5 Å². The molecule has 1 unspecified atom stereocenters. The second-order valence-corrected chi connectivity index (χ2v) is 4.82. The Balaban J connectivity index is 2.19. The van der Waals surface area contributed by atoms with E-state index >= 15 is 0 Å². The van der Waals surface area contributed by atoms with Gasteiger partial charge in [0.15, 0.2) is 0 Å². The summed E-state index contributed by atoms with van der Waals surface area (Å²) in [6, 6.07) is 8.08. The number of rotatable bonds is 4. The van der Waals surface area contributed by atoms with Crippen LogP contribution >= 0.6 is 11.6 Å². The molecule has 0 radical (unpaired) electrons. The monoisotopic (exact) mass is 265 g/mol. The van der Waals surface area contributed by atoms with Crippen molar-refractivity contribution < 1.29 is 4.79 Å². The molecule has 18 heavy (non-hydrogen) atoms. The van der Waals surface area contributed by atoms with E-state index < -0.39 is 0 Å². The van der Waals surface area contributed by atoms with Gasteiger partial charge in [0.1, 0.15) is 0 Å². The summed E-state index contributed by atoms with van der Waals surface area (Å²) in [5.41, 5.74) is 3.23. The molecule has 0 bridgehead atoms. The number of aromatic nitrogens is 1. The lowest BCUT2D eigenvalue weighted by atomic mass is 10.1. The number of nitrogens with one attached hydrogen (secondary N) is 1. The van der Waals surface area contributed by atoms with Crippen molar-refractivity contribution in [3.63, 3.8) is 0 Å². The van der Waals surface area contributed by atoms with Gasteiger partial charge < -0.3 is 4.57 Å². The molecule has 0 fully saturated rings. The molecule has 0 spiro atoms. The summed E-state index contributed by atoms with van der Waals surface area (Å²) in [7, 11) is 0. The number of hydrazine groups is 1. The number of hydrogen-bond acceptors (Lipinski definition) is 2. The van der Waals surface area contributed by atoms with E-state index in [0.717, 1.165) is 17.3 Å². The fraction of sp³-hybridized carbons (Fsp3) is 0.308. The lowest BCUT2D eigenvalue weighted by Crippen LogP contribution is -2.30. The number of benzene rings is 1. The highest BCUT2D eigenvalue weighted by Gasteiger charge is 2.10. The minimum atomic E-state index is -0.142. The molecule has 0 aliphatic carbocycles. The van der Waals surface area contributed by atoms with Crippen LogP contribution in [0.1, 0.15) is 25.8 Å². The summed E-state index contributed by atoms with van der Waals surface area (Å²) in [4.78, 5) is 11.1. The van der Waals surface area contributed by atoms with E-state index in [1.807, 2.05) is 30.5 Å². The zero-order valence-corrected chi connectivity index (χ0v) is 10.9. The van der Waals surface area contributed by atoms with Crippen LogP contribution in [0.25, 0.3) is 10.9 Å². The smallest absolute Gasteiger partial charge is 0.233 e. The third-order valence-corrected chi connectivity index (χ3v) is 3.35. The maximum absolute atomic E-state index is 11.1. The predicted molar refractivity (Wildman–Crippen MR) is 73.2 cm³/mol. The molecule has 1 aromatic heterocycles. The van der Waals surface area contributed by atoms with Crippen molar-refractivity contribution in [1.82, 2.24) is 9.99 Å². The Bertz CT molecular complexity index is 564. The number of nitrogens with two attached hydrogens (primary N) is 1. The Morgan fingerprint density at radius 1 is 1.50 bits per heavy atom. The molecular formula is C13H16ClN3O. The van der Waals surface area contributed by atoms with Crippen molar-refractivity contribution in [3.8, 4) is 0 Å². The van der Waals surface area contributed by atoms with Gasteiger partial charge in [0.25, 0.3) is 0 Å². The first-order valence-corrected chi connectivity index (χ1v) is 6.25. The number of carbonyl (C=O) groups is 1. The SMILES string of the molecule is CC(CCC(=O)NN)n1ccc2ccc(Cl)cc21. The highest BCUT2D eigenvalue weighted by Crippen LogP contribution is 2.25. The van der Waals surface area contributed by atoms with Crippen molar-refractivity contribution in [2.45, 2.75) is 25.8 Å². The first-order chi connectivity index (χ1) is 8.61. The van der Waals surface area contributed by atoms with Gasteiger partial charge in [0, 0.05) is 29.2 Å². The number of amides is 1. The molecule has 0 saturated heterocycles. The molecule has 0 aliphatic heterocycles. The van der Waals surface area contributed by atoms with Crippen LogP contribution in [0, 0.1) is 0 Å². The third-order valence-electron chi connectivity index (χ3n) is 3.11. The van der Waals surface area contributed by atoms with Crippen LogP contribution in [0.2, 0.25) is 5.02 Å². The normalized spacial score (nSPS) is 12.6. The minimum absolute atomic E-state index is 0.142. The molecule has 96 valence electrons. The lowest BCUT2D eigenvalue weighted by Gasteiger charge is -2.14. The molecule has 5 heteroatoms. The number of carbonyl (C=O) groups excluding carboxylic acids is 1. The standard InChI is InChI=1S/C13H16ClN3O/c1-9(2-5-13(18)16-15)17-7-6-10-3-4-11(14)8-12(10)17/h3-4,6-9H,2,5,15H2,1H3,(H,16,18). The van der Waals surface area contributed by atoms with E-state index in [1.165, 1.54) is 0 Å². The number of fused-ring (bicyclic) bond motifs is 1. The molecule has 1 aromatic carbocycles. The maximum atomic E-state index is 11.1. The molecule has 4 nitrogen and oxygen atoms in total. The number of halogens is 1. The van der Waals surface area contributed by atoms with Gasteiger partial charge in [-0.3, -0.25) is 10.2 Å². The quantitative estimate of drug-likeness (QED) is 0.507. The van der Waals surface area contributed by atoms with Crippen molar-refractivity contribution >= 4 is 28.4 Å². The molecule has 0 saturated carbocycles. The largest absolute Gasteiger partial charge is 0.345 e. The summed E-state index contributed by atoms with van der Waals surface area (Å²) >= 11 is 6.01. The first kappa shape index (κ1) is 12.9. The second-order valence-electron chi connectivity index (χ2n) is 4.38. The molecule has 1 heterocycles. The van der Waals surface area contributed by atoms with E-state index in [-0.39, 0.29) is 11.9 Å². The highest BCUT2D eigenvalue weighted by atomic mass is 35.5. The second kappa shape index (κ2) is 5.42. The Hall–Kier alpha value is -1.52. The van der Waals surface area contributed by atoms with Gasteiger partial charge in [-0.2, -0.15) is 0 Å². The zero-order chi connectivity index (χ0) is 13.1. The van der Waals surface area contributed by atoms with Gasteiger partial charge in [0.2, 0.25) is 5.91 Å².